The minimum absolute atomic E-state index is 0.0670. The summed E-state index contributed by atoms with van der Waals surface area (Å²) in [4.78, 5) is 19.9. The molecule has 0 amide bonds. The van der Waals surface area contributed by atoms with Crippen LogP contribution in [0.3, 0.4) is 0 Å². The zero-order valence-electron chi connectivity index (χ0n) is 11.7. The molecule has 0 aliphatic carbocycles. The van der Waals surface area contributed by atoms with E-state index in [4.69, 9.17) is 5.84 Å². The van der Waals surface area contributed by atoms with Crippen LogP contribution in [0, 0.1) is 17.0 Å². The van der Waals surface area contributed by atoms with Gasteiger partial charge in [0.2, 0.25) is 0 Å². The molecule has 0 bridgehead atoms. The van der Waals surface area contributed by atoms with E-state index in [0.717, 1.165) is 15.5 Å². The van der Waals surface area contributed by atoms with Gasteiger partial charge in [0.1, 0.15) is 16.7 Å². The molecule has 8 heteroatoms. The maximum atomic E-state index is 10.6. The third-order valence-corrected chi connectivity index (χ3v) is 3.96. The number of benzene rings is 1. The molecule has 0 saturated heterocycles. The molecular weight excluding hydrogens is 290 g/mol. The Kier molecular flexibility index (Phi) is 4.71. The fourth-order valence-corrected chi connectivity index (χ4v) is 2.58. The quantitative estimate of drug-likeness (QED) is 0.378. The Morgan fingerprint density at radius 1 is 1.33 bits per heavy atom. The molecule has 1 aromatic carbocycles. The summed E-state index contributed by atoms with van der Waals surface area (Å²) in [6, 6.07) is 6.35. The fraction of sp³-hybridized carbons (Fsp3) is 0.231. The summed E-state index contributed by atoms with van der Waals surface area (Å²) in [5.74, 6) is 6.75. The Hall–Kier alpha value is -2.19. The largest absolute Gasteiger partial charge is 0.308 e. The van der Waals surface area contributed by atoms with Crippen LogP contribution in [0.2, 0.25) is 0 Å². The number of hydrogen-bond donors (Lipinski definition) is 2. The lowest BCUT2D eigenvalue weighted by Gasteiger charge is -2.10. The van der Waals surface area contributed by atoms with Gasteiger partial charge >= 0.3 is 0 Å². The summed E-state index contributed by atoms with van der Waals surface area (Å²) in [6.45, 7) is 3.84. The van der Waals surface area contributed by atoms with E-state index in [2.05, 4.69) is 15.4 Å². The monoisotopic (exact) mass is 305 g/mol. The molecule has 1 heterocycles. The minimum atomic E-state index is -0.421. The minimum Gasteiger partial charge on any atom is -0.308 e. The number of hydrazine groups is 1. The van der Waals surface area contributed by atoms with Crippen molar-refractivity contribution in [2.75, 3.05) is 5.43 Å². The molecule has 0 spiro atoms. The summed E-state index contributed by atoms with van der Waals surface area (Å²) in [6.07, 6.45) is 0.697. The smallest absolute Gasteiger partial charge is 0.269 e. The van der Waals surface area contributed by atoms with Gasteiger partial charge in [0, 0.05) is 29.0 Å². The Morgan fingerprint density at radius 2 is 2.00 bits per heavy atom. The number of nitrogens with zero attached hydrogens (tertiary/aromatic N) is 3. The second-order valence-electron chi connectivity index (χ2n) is 4.27. The molecule has 21 heavy (non-hydrogen) atoms. The molecule has 0 radical (unpaired) electrons. The molecule has 0 atom stereocenters. The topological polar surface area (TPSA) is 107 Å². The van der Waals surface area contributed by atoms with Crippen LogP contribution in [0.1, 0.15) is 18.3 Å². The average Bonchev–Trinajstić information content (AvgIpc) is 2.49. The van der Waals surface area contributed by atoms with E-state index in [-0.39, 0.29) is 5.69 Å². The zero-order chi connectivity index (χ0) is 15.4. The van der Waals surface area contributed by atoms with Crippen molar-refractivity contribution < 1.29 is 4.92 Å². The van der Waals surface area contributed by atoms with Crippen molar-refractivity contribution in [1.82, 2.24) is 9.97 Å². The molecule has 0 aliphatic heterocycles. The number of nitro groups is 1. The van der Waals surface area contributed by atoms with Gasteiger partial charge in [0.25, 0.3) is 5.69 Å². The molecule has 3 N–H and O–H groups in total. The Labute approximate surface area is 126 Å². The van der Waals surface area contributed by atoms with Gasteiger partial charge in [-0.3, -0.25) is 10.1 Å². The molecule has 0 unspecified atom stereocenters. The van der Waals surface area contributed by atoms with Gasteiger partial charge in [-0.2, -0.15) is 0 Å². The standard InChI is InChI=1S/C13H15N5O2S/c1-3-11-15-12(17-14)8(2)13(16-11)21-10-6-4-9(5-7-10)18(19)20/h4-7H,3,14H2,1-2H3,(H,15,16,17). The highest BCUT2D eigenvalue weighted by molar-refractivity contribution is 7.99. The molecule has 2 rings (SSSR count). The van der Waals surface area contributed by atoms with E-state index in [1.54, 1.807) is 12.1 Å². The number of aromatic nitrogens is 2. The first-order valence-electron chi connectivity index (χ1n) is 6.31. The molecular formula is C13H15N5O2S. The number of nitrogens with two attached hydrogens (primary N) is 1. The summed E-state index contributed by atoms with van der Waals surface area (Å²) in [5.41, 5.74) is 3.48. The highest BCUT2D eigenvalue weighted by Crippen LogP contribution is 2.32. The highest BCUT2D eigenvalue weighted by Gasteiger charge is 2.12. The van der Waals surface area contributed by atoms with E-state index < -0.39 is 4.92 Å². The van der Waals surface area contributed by atoms with Gasteiger partial charge in [-0.25, -0.2) is 15.8 Å². The van der Waals surface area contributed by atoms with Gasteiger partial charge in [-0.05, 0) is 19.1 Å². The third-order valence-electron chi connectivity index (χ3n) is 2.86. The second-order valence-corrected chi connectivity index (χ2v) is 5.33. The summed E-state index contributed by atoms with van der Waals surface area (Å²) in [5, 5.41) is 11.4. The van der Waals surface area contributed by atoms with Crippen LogP contribution < -0.4 is 11.3 Å². The van der Waals surface area contributed by atoms with Crippen molar-refractivity contribution in [3.8, 4) is 0 Å². The van der Waals surface area contributed by atoms with Crippen LogP contribution in [-0.4, -0.2) is 14.9 Å². The SMILES string of the molecule is CCc1nc(NN)c(C)c(Sc2ccc([N+](=O)[O-])cc2)n1. The number of non-ortho nitro benzene ring substituents is 1. The number of nitrogens with one attached hydrogen (secondary N) is 1. The van der Waals surface area contributed by atoms with Crippen LogP contribution in [0.15, 0.2) is 34.2 Å². The Balaban J connectivity index is 2.32. The van der Waals surface area contributed by atoms with E-state index in [1.807, 2.05) is 13.8 Å². The number of aryl methyl sites for hydroxylation is 1. The number of rotatable bonds is 5. The van der Waals surface area contributed by atoms with Gasteiger partial charge in [-0.15, -0.1) is 0 Å². The zero-order valence-corrected chi connectivity index (χ0v) is 12.5. The van der Waals surface area contributed by atoms with Crippen LogP contribution >= 0.6 is 11.8 Å². The highest BCUT2D eigenvalue weighted by atomic mass is 32.2. The summed E-state index contributed by atoms with van der Waals surface area (Å²) >= 11 is 1.42. The fourth-order valence-electron chi connectivity index (χ4n) is 1.69. The molecule has 2 aromatic rings. The normalized spacial score (nSPS) is 10.4. The van der Waals surface area contributed by atoms with E-state index >= 15 is 0 Å². The molecule has 0 saturated carbocycles. The van der Waals surface area contributed by atoms with E-state index in [1.165, 1.54) is 23.9 Å². The summed E-state index contributed by atoms with van der Waals surface area (Å²) < 4.78 is 0. The number of nitrogen functional groups attached to an aromatic ring is 1. The van der Waals surface area contributed by atoms with Gasteiger partial charge in [0.05, 0.1) is 4.92 Å². The molecule has 0 aliphatic rings. The lowest BCUT2D eigenvalue weighted by atomic mass is 10.3. The first kappa shape index (κ1) is 15.2. The Bertz CT molecular complexity index is 660. The van der Waals surface area contributed by atoms with Crippen molar-refractivity contribution >= 4 is 23.3 Å². The predicted molar refractivity (Wildman–Crippen MR) is 81.2 cm³/mol. The number of nitro benzene ring substituents is 1. The third kappa shape index (κ3) is 3.47. The van der Waals surface area contributed by atoms with Gasteiger partial charge in [-0.1, -0.05) is 18.7 Å². The van der Waals surface area contributed by atoms with Crippen LogP contribution in [0.4, 0.5) is 11.5 Å². The van der Waals surface area contributed by atoms with Crippen LogP contribution in [-0.2, 0) is 6.42 Å². The molecule has 1 aromatic heterocycles. The number of hydrogen-bond acceptors (Lipinski definition) is 7. The maximum Gasteiger partial charge on any atom is 0.269 e. The van der Waals surface area contributed by atoms with Crippen molar-refractivity contribution in [2.24, 2.45) is 5.84 Å². The number of anilines is 1. The van der Waals surface area contributed by atoms with Crippen molar-refractivity contribution in [2.45, 2.75) is 30.2 Å². The molecule has 0 fully saturated rings. The van der Waals surface area contributed by atoms with Crippen molar-refractivity contribution in [3.05, 3.63) is 45.8 Å². The average molecular weight is 305 g/mol. The maximum absolute atomic E-state index is 10.6. The first-order chi connectivity index (χ1) is 10.0. The van der Waals surface area contributed by atoms with Crippen molar-refractivity contribution in [1.29, 1.82) is 0 Å². The van der Waals surface area contributed by atoms with Crippen molar-refractivity contribution in [3.63, 3.8) is 0 Å². The lowest BCUT2D eigenvalue weighted by molar-refractivity contribution is -0.384. The van der Waals surface area contributed by atoms with Gasteiger partial charge < -0.3 is 5.43 Å². The predicted octanol–water partition coefficient (Wildman–Crippen LogP) is 2.69. The first-order valence-corrected chi connectivity index (χ1v) is 7.13. The summed E-state index contributed by atoms with van der Waals surface area (Å²) in [7, 11) is 0. The van der Waals surface area contributed by atoms with E-state index in [9.17, 15) is 10.1 Å². The Morgan fingerprint density at radius 3 is 2.52 bits per heavy atom. The van der Waals surface area contributed by atoms with Gasteiger partial charge in [0.15, 0.2) is 0 Å². The second kappa shape index (κ2) is 6.51. The van der Waals surface area contributed by atoms with Crippen LogP contribution in [0.25, 0.3) is 0 Å². The lowest BCUT2D eigenvalue weighted by Crippen LogP contribution is -2.13. The van der Waals surface area contributed by atoms with Crippen LogP contribution in [0.5, 0.6) is 0 Å². The molecule has 110 valence electrons. The molecule has 7 nitrogen and oxygen atoms in total. The van der Waals surface area contributed by atoms with E-state index in [0.29, 0.717) is 18.1 Å².